The van der Waals surface area contributed by atoms with Crippen molar-refractivity contribution in [1.82, 2.24) is 10.6 Å². The normalized spacial score (nSPS) is 18.1. The number of amides is 3. The average molecular weight is 303 g/mol. The summed E-state index contributed by atoms with van der Waals surface area (Å²) in [5.74, 6) is -0.116. The molecule has 0 aromatic heterocycles. The first-order valence-corrected chi connectivity index (χ1v) is 7.88. The standard InChI is InChI=1S/C17H25N3O2/c1-3-12(2)14(20-16(18)22)15(21)19-11-17(9-10-17)13-7-5-4-6-8-13/h4-8,12,14H,3,9-11H2,1-2H3,(H,19,21)(H3,18,20,22)/t12-,14+/m0/s1. The highest BCUT2D eigenvalue weighted by Gasteiger charge is 2.44. The van der Waals surface area contributed by atoms with E-state index in [2.05, 4.69) is 22.8 Å². The lowest BCUT2D eigenvalue weighted by atomic mass is 9.95. The Bertz CT molecular complexity index is 526. The number of benzene rings is 1. The third-order valence-corrected chi connectivity index (χ3v) is 4.63. The number of primary amides is 1. The van der Waals surface area contributed by atoms with Gasteiger partial charge in [0, 0.05) is 12.0 Å². The van der Waals surface area contributed by atoms with Gasteiger partial charge in [0.05, 0.1) is 0 Å². The van der Waals surface area contributed by atoms with Gasteiger partial charge in [-0.25, -0.2) is 4.79 Å². The van der Waals surface area contributed by atoms with Crippen molar-refractivity contribution in [1.29, 1.82) is 0 Å². The van der Waals surface area contributed by atoms with E-state index in [1.165, 1.54) is 5.56 Å². The monoisotopic (exact) mass is 303 g/mol. The first-order valence-electron chi connectivity index (χ1n) is 7.88. The quantitative estimate of drug-likeness (QED) is 0.719. The number of nitrogens with two attached hydrogens (primary N) is 1. The fraction of sp³-hybridized carbons (Fsp3) is 0.529. The molecule has 2 atom stereocenters. The van der Waals surface area contributed by atoms with E-state index in [0.717, 1.165) is 19.3 Å². The number of rotatable bonds is 7. The van der Waals surface area contributed by atoms with Gasteiger partial charge < -0.3 is 16.4 Å². The molecule has 0 unspecified atom stereocenters. The summed E-state index contributed by atoms with van der Waals surface area (Å²) in [4.78, 5) is 23.5. The minimum absolute atomic E-state index is 0.0411. The topological polar surface area (TPSA) is 84.2 Å². The highest BCUT2D eigenvalue weighted by atomic mass is 16.2. The molecule has 3 amide bonds. The molecule has 1 aromatic rings. The van der Waals surface area contributed by atoms with Crippen molar-refractivity contribution < 1.29 is 9.59 Å². The lowest BCUT2D eigenvalue weighted by Gasteiger charge is -2.24. The highest BCUT2D eigenvalue weighted by molar-refractivity contribution is 5.86. The third-order valence-electron chi connectivity index (χ3n) is 4.63. The second-order valence-electron chi connectivity index (χ2n) is 6.24. The fourth-order valence-corrected chi connectivity index (χ4v) is 2.73. The molecule has 0 saturated heterocycles. The van der Waals surface area contributed by atoms with Crippen LogP contribution >= 0.6 is 0 Å². The van der Waals surface area contributed by atoms with Crippen LogP contribution in [0.1, 0.15) is 38.7 Å². The zero-order chi connectivity index (χ0) is 16.2. The maximum Gasteiger partial charge on any atom is 0.312 e. The van der Waals surface area contributed by atoms with E-state index in [4.69, 9.17) is 5.73 Å². The van der Waals surface area contributed by atoms with Crippen LogP contribution in [0.15, 0.2) is 30.3 Å². The summed E-state index contributed by atoms with van der Waals surface area (Å²) in [6, 6.07) is 9.01. The van der Waals surface area contributed by atoms with E-state index < -0.39 is 12.1 Å². The van der Waals surface area contributed by atoms with Crippen molar-refractivity contribution in [3.63, 3.8) is 0 Å². The minimum Gasteiger partial charge on any atom is -0.353 e. The first kappa shape index (κ1) is 16.3. The van der Waals surface area contributed by atoms with Gasteiger partial charge >= 0.3 is 6.03 Å². The van der Waals surface area contributed by atoms with Crippen molar-refractivity contribution in [3.05, 3.63) is 35.9 Å². The lowest BCUT2D eigenvalue weighted by molar-refractivity contribution is -0.124. The Morgan fingerprint density at radius 1 is 1.27 bits per heavy atom. The molecule has 1 saturated carbocycles. The van der Waals surface area contributed by atoms with Crippen LogP contribution in [0.2, 0.25) is 0 Å². The average Bonchev–Trinajstić information content (AvgIpc) is 3.31. The van der Waals surface area contributed by atoms with Gasteiger partial charge in [-0.15, -0.1) is 0 Å². The summed E-state index contributed by atoms with van der Waals surface area (Å²) in [7, 11) is 0. The number of hydrogen-bond acceptors (Lipinski definition) is 2. The smallest absolute Gasteiger partial charge is 0.312 e. The second-order valence-corrected chi connectivity index (χ2v) is 6.24. The minimum atomic E-state index is -0.662. The van der Waals surface area contributed by atoms with E-state index >= 15 is 0 Å². The Labute approximate surface area is 131 Å². The Morgan fingerprint density at radius 2 is 1.91 bits per heavy atom. The Balaban J connectivity index is 1.97. The van der Waals surface area contributed by atoms with E-state index in [9.17, 15) is 9.59 Å². The molecule has 1 aliphatic carbocycles. The van der Waals surface area contributed by atoms with Gasteiger partial charge in [-0.2, -0.15) is 0 Å². The van der Waals surface area contributed by atoms with Crippen LogP contribution in [0.25, 0.3) is 0 Å². The molecule has 1 aromatic carbocycles. The number of carbonyl (C=O) groups is 2. The van der Waals surface area contributed by atoms with E-state index in [-0.39, 0.29) is 17.2 Å². The van der Waals surface area contributed by atoms with Gasteiger partial charge in [-0.1, -0.05) is 50.6 Å². The van der Waals surface area contributed by atoms with Crippen LogP contribution < -0.4 is 16.4 Å². The molecule has 5 nitrogen and oxygen atoms in total. The molecule has 22 heavy (non-hydrogen) atoms. The van der Waals surface area contributed by atoms with Crippen molar-refractivity contribution in [2.24, 2.45) is 11.7 Å². The van der Waals surface area contributed by atoms with Crippen LogP contribution in [0.3, 0.4) is 0 Å². The largest absolute Gasteiger partial charge is 0.353 e. The maximum absolute atomic E-state index is 12.4. The van der Waals surface area contributed by atoms with Crippen molar-refractivity contribution in [2.75, 3.05) is 6.54 Å². The van der Waals surface area contributed by atoms with Gasteiger partial charge in [0.2, 0.25) is 5.91 Å². The van der Waals surface area contributed by atoms with Crippen molar-refractivity contribution in [3.8, 4) is 0 Å². The number of hydrogen-bond donors (Lipinski definition) is 3. The number of carbonyl (C=O) groups excluding carboxylic acids is 2. The Morgan fingerprint density at radius 3 is 2.41 bits per heavy atom. The van der Waals surface area contributed by atoms with Gasteiger partial charge in [-0.3, -0.25) is 4.79 Å². The first-order chi connectivity index (χ1) is 10.5. The van der Waals surface area contributed by atoms with Gasteiger partial charge in [0.25, 0.3) is 0 Å². The summed E-state index contributed by atoms with van der Waals surface area (Å²) in [6.07, 6.45) is 2.95. The highest BCUT2D eigenvalue weighted by Crippen LogP contribution is 2.47. The molecule has 4 N–H and O–H groups in total. The molecule has 0 aliphatic heterocycles. The molecule has 0 heterocycles. The molecule has 1 fully saturated rings. The maximum atomic E-state index is 12.4. The fourth-order valence-electron chi connectivity index (χ4n) is 2.73. The molecule has 120 valence electrons. The zero-order valence-electron chi connectivity index (χ0n) is 13.3. The molecule has 2 rings (SSSR count). The van der Waals surface area contributed by atoms with Crippen LogP contribution in [0.4, 0.5) is 4.79 Å². The van der Waals surface area contributed by atoms with Crippen molar-refractivity contribution in [2.45, 2.75) is 44.6 Å². The molecule has 0 spiro atoms. The molecular weight excluding hydrogens is 278 g/mol. The summed E-state index contributed by atoms with van der Waals surface area (Å²) >= 11 is 0. The lowest BCUT2D eigenvalue weighted by Crippen LogP contribution is -2.52. The second kappa shape index (κ2) is 6.81. The summed E-state index contributed by atoms with van der Waals surface area (Å²) < 4.78 is 0. The summed E-state index contributed by atoms with van der Waals surface area (Å²) in [5, 5.41) is 5.55. The molecule has 0 radical (unpaired) electrons. The summed E-state index contributed by atoms with van der Waals surface area (Å²) in [6.45, 7) is 4.52. The number of urea groups is 1. The van der Waals surface area contributed by atoms with Gasteiger partial charge in [0.1, 0.15) is 6.04 Å². The van der Waals surface area contributed by atoms with E-state index in [0.29, 0.717) is 6.54 Å². The predicted octanol–water partition coefficient (Wildman–Crippen LogP) is 1.92. The molecule has 1 aliphatic rings. The molecular formula is C17H25N3O2. The van der Waals surface area contributed by atoms with Crippen LogP contribution in [-0.2, 0) is 10.2 Å². The Hall–Kier alpha value is -2.04. The van der Waals surface area contributed by atoms with Crippen LogP contribution in [-0.4, -0.2) is 24.5 Å². The van der Waals surface area contributed by atoms with E-state index in [1.54, 1.807) is 0 Å². The SMILES string of the molecule is CC[C@H](C)[C@@H](NC(N)=O)C(=O)NCC1(c2ccccc2)CC1. The van der Waals surface area contributed by atoms with Gasteiger partial charge in [-0.05, 0) is 24.3 Å². The van der Waals surface area contributed by atoms with E-state index in [1.807, 2.05) is 32.0 Å². The molecule has 0 bridgehead atoms. The van der Waals surface area contributed by atoms with Crippen LogP contribution in [0, 0.1) is 5.92 Å². The number of nitrogens with one attached hydrogen (secondary N) is 2. The molecule has 5 heteroatoms. The Kier molecular flexibility index (Phi) is 5.06. The van der Waals surface area contributed by atoms with Crippen molar-refractivity contribution >= 4 is 11.9 Å². The summed E-state index contributed by atoms with van der Waals surface area (Å²) in [5.41, 5.74) is 6.50. The predicted molar refractivity (Wildman–Crippen MR) is 86.3 cm³/mol. The van der Waals surface area contributed by atoms with Crippen LogP contribution in [0.5, 0.6) is 0 Å². The third kappa shape index (κ3) is 3.78. The zero-order valence-corrected chi connectivity index (χ0v) is 13.3. The van der Waals surface area contributed by atoms with Gasteiger partial charge in [0.15, 0.2) is 0 Å².